The molecule has 4 aromatic rings. The van der Waals surface area contributed by atoms with Gasteiger partial charge in [-0.1, -0.05) is 12.1 Å². The number of pyridine rings is 1. The van der Waals surface area contributed by atoms with Crippen molar-refractivity contribution >= 4 is 16.7 Å². The Kier molecular flexibility index (Phi) is 4.38. The van der Waals surface area contributed by atoms with Crippen molar-refractivity contribution in [2.45, 2.75) is 0 Å². The summed E-state index contributed by atoms with van der Waals surface area (Å²) >= 11 is 0. The van der Waals surface area contributed by atoms with E-state index in [1.54, 1.807) is 32.6 Å². The van der Waals surface area contributed by atoms with Gasteiger partial charge in [0.25, 0.3) is 0 Å². The molecular weight excluding hydrogens is 343 g/mol. The fourth-order valence-electron chi connectivity index (χ4n) is 3.02. The molecule has 27 heavy (non-hydrogen) atoms. The zero-order valence-electron chi connectivity index (χ0n) is 14.9. The number of methoxy groups -OCH3 is 1. The van der Waals surface area contributed by atoms with Gasteiger partial charge in [0.05, 0.1) is 12.6 Å². The number of nitrogens with one attached hydrogen (secondary N) is 1. The highest BCUT2D eigenvalue weighted by atomic mass is 19.1. The van der Waals surface area contributed by atoms with E-state index < -0.39 is 0 Å². The van der Waals surface area contributed by atoms with Gasteiger partial charge < -0.3 is 10.1 Å². The molecule has 0 bridgehead atoms. The molecule has 0 saturated carbocycles. The second-order valence-corrected chi connectivity index (χ2v) is 5.97. The first-order chi connectivity index (χ1) is 13.2. The summed E-state index contributed by atoms with van der Waals surface area (Å²) in [5.74, 6) is 1.57. The van der Waals surface area contributed by atoms with Gasteiger partial charge in [-0.05, 0) is 35.9 Å². The quantitative estimate of drug-likeness (QED) is 0.579. The minimum Gasteiger partial charge on any atom is -0.496 e. The molecule has 0 spiro atoms. The Morgan fingerprint density at radius 1 is 1.00 bits per heavy atom. The minimum absolute atomic E-state index is 0.299. The van der Waals surface area contributed by atoms with E-state index in [-0.39, 0.29) is 5.82 Å². The maximum absolute atomic E-state index is 13.7. The molecule has 2 aromatic carbocycles. The van der Waals surface area contributed by atoms with Gasteiger partial charge >= 0.3 is 0 Å². The zero-order chi connectivity index (χ0) is 18.8. The van der Waals surface area contributed by atoms with E-state index in [0.717, 1.165) is 27.6 Å². The van der Waals surface area contributed by atoms with E-state index >= 15 is 0 Å². The fourth-order valence-corrected chi connectivity index (χ4v) is 3.02. The number of hydrogen-bond donors (Lipinski definition) is 1. The number of nitrogens with zero attached hydrogens (tertiary/aromatic N) is 3. The predicted molar refractivity (Wildman–Crippen MR) is 104 cm³/mol. The highest BCUT2D eigenvalue weighted by Gasteiger charge is 2.14. The summed E-state index contributed by atoms with van der Waals surface area (Å²) in [6.45, 7) is 0. The summed E-state index contributed by atoms with van der Waals surface area (Å²) in [6, 6.07) is 13.9. The van der Waals surface area contributed by atoms with Crippen LogP contribution in [-0.4, -0.2) is 29.1 Å². The lowest BCUT2D eigenvalue weighted by molar-refractivity contribution is 0.417. The number of aromatic nitrogens is 3. The first-order valence-electron chi connectivity index (χ1n) is 8.43. The molecule has 0 saturated heterocycles. The summed E-state index contributed by atoms with van der Waals surface area (Å²) in [7, 11) is 3.40. The zero-order valence-corrected chi connectivity index (χ0v) is 14.9. The topological polar surface area (TPSA) is 59.9 Å². The first-order valence-corrected chi connectivity index (χ1v) is 8.43. The van der Waals surface area contributed by atoms with Crippen LogP contribution in [0.25, 0.3) is 33.4 Å². The smallest absolute Gasteiger partial charge is 0.163 e. The van der Waals surface area contributed by atoms with Crippen LogP contribution in [0.1, 0.15) is 0 Å². The van der Waals surface area contributed by atoms with Gasteiger partial charge in [0.2, 0.25) is 0 Å². The molecule has 0 aliphatic carbocycles. The van der Waals surface area contributed by atoms with Gasteiger partial charge in [-0.3, -0.25) is 4.98 Å². The van der Waals surface area contributed by atoms with E-state index in [4.69, 9.17) is 4.74 Å². The van der Waals surface area contributed by atoms with Gasteiger partial charge in [0.15, 0.2) is 5.82 Å². The van der Waals surface area contributed by atoms with Crippen LogP contribution in [0, 0.1) is 5.82 Å². The third-order valence-electron chi connectivity index (χ3n) is 4.31. The molecule has 0 atom stereocenters. The van der Waals surface area contributed by atoms with Crippen LogP contribution >= 0.6 is 0 Å². The third-order valence-corrected chi connectivity index (χ3v) is 4.31. The van der Waals surface area contributed by atoms with E-state index in [9.17, 15) is 4.39 Å². The van der Waals surface area contributed by atoms with Crippen LogP contribution in [0.4, 0.5) is 10.2 Å². The third kappa shape index (κ3) is 3.17. The SMILES string of the molecule is CNc1nc(-c2cccnc2)nc2cc(OC)c(-c3cccc(F)c3)cc12. The number of hydrogen-bond acceptors (Lipinski definition) is 5. The summed E-state index contributed by atoms with van der Waals surface area (Å²) in [5, 5.41) is 3.95. The normalized spacial score (nSPS) is 10.8. The van der Waals surface area contributed by atoms with Crippen molar-refractivity contribution in [1.29, 1.82) is 0 Å². The van der Waals surface area contributed by atoms with Crippen molar-refractivity contribution in [1.82, 2.24) is 15.0 Å². The van der Waals surface area contributed by atoms with E-state index in [1.165, 1.54) is 12.1 Å². The average molecular weight is 360 g/mol. The van der Waals surface area contributed by atoms with Crippen LogP contribution in [0.2, 0.25) is 0 Å². The molecule has 4 rings (SSSR count). The van der Waals surface area contributed by atoms with Crippen LogP contribution in [0.5, 0.6) is 5.75 Å². The number of fused-ring (bicyclic) bond motifs is 1. The molecule has 0 fully saturated rings. The Morgan fingerprint density at radius 3 is 2.56 bits per heavy atom. The van der Waals surface area contributed by atoms with Crippen molar-refractivity contribution in [2.24, 2.45) is 0 Å². The Morgan fingerprint density at radius 2 is 1.85 bits per heavy atom. The molecule has 0 aliphatic heterocycles. The summed E-state index contributed by atoms with van der Waals surface area (Å²) in [4.78, 5) is 13.4. The molecule has 2 aromatic heterocycles. The van der Waals surface area contributed by atoms with Gasteiger partial charge in [-0.15, -0.1) is 0 Å². The van der Waals surface area contributed by atoms with Crippen molar-refractivity contribution in [3.63, 3.8) is 0 Å². The summed E-state index contributed by atoms with van der Waals surface area (Å²) < 4.78 is 19.3. The average Bonchev–Trinajstić information content (AvgIpc) is 2.72. The number of rotatable bonds is 4. The van der Waals surface area contributed by atoms with Crippen LogP contribution in [0.3, 0.4) is 0 Å². The van der Waals surface area contributed by atoms with Crippen molar-refractivity contribution < 1.29 is 9.13 Å². The highest BCUT2D eigenvalue weighted by molar-refractivity contribution is 5.96. The standard InChI is InChI=1S/C21H17FN4O/c1-23-21-17-10-16(13-5-3-7-15(22)9-13)19(27-2)11-18(17)25-20(26-21)14-6-4-8-24-12-14/h3-12H,1-2H3,(H,23,25,26). The maximum Gasteiger partial charge on any atom is 0.163 e. The fraction of sp³-hybridized carbons (Fsp3) is 0.0952. The molecule has 0 radical (unpaired) electrons. The van der Waals surface area contributed by atoms with E-state index in [0.29, 0.717) is 17.4 Å². The van der Waals surface area contributed by atoms with Gasteiger partial charge in [-0.2, -0.15) is 0 Å². The summed E-state index contributed by atoms with van der Waals surface area (Å²) in [6.07, 6.45) is 3.43. The molecule has 2 heterocycles. The second kappa shape index (κ2) is 6.99. The van der Waals surface area contributed by atoms with E-state index in [2.05, 4.69) is 20.3 Å². The first kappa shape index (κ1) is 16.9. The number of anilines is 1. The highest BCUT2D eigenvalue weighted by Crippen LogP contribution is 2.36. The van der Waals surface area contributed by atoms with E-state index in [1.807, 2.05) is 30.3 Å². The Balaban J connectivity index is 1.96. The van der Waals surface area contributed by atoms with Crippen molar-refractivity contribution in [2.75, 3.05) is 19.5 Å². The molecule has 1 N–H and O–H groups in total. The molecular formula is C21H17FN4O. The summed E-state index contributed by atoms with van der Waals surface area (Å²) in [5.41, 5.74) is 3.06. The molecule has 5 nitrogen and oxygen atoms in total. The van der Waals surface area contributed by atoms with Gasteiger partial charge in [-0.25, -0.2) is 14.4 Å². The number of ether oxygens (including phenoxy) is 1. The van der Waals surface area contributed by atoms with Crippen molar-refractivity contribution in [3.05, 3.63) is 66.7 Å². The number of halogens is 1. The van der Waals surface area contributed by atoms with Gasteiger partial charge in [0, 0.05) is 42.0 Å². The lowest BCUT2D eigenvalue weighted by atomic mass is 10.0. The number of benzene rings is 2. The lowest BCUT2D eigenvalue weighted by Crippen LogP contribution is -2.00. The Hall–Kier alpha value is -3.54. The lowest BCUT2D eigenvalue weighted by Gasteiger charge is -2.13. The largest absolute Gasteiger partial charge is 0.496 e. The van der Waals surface area contributed by atoms with Gasteiger partial charge in [0.1, 0.15) is 17.4 Å². The Bertz CT molecular complexity index is 1120. The van der Waals surface area contributed by atoms with Crippen LogP contribution in [-0.2, 0) is 0 Å². The van der Waals surface area contributed by atoms with Crippen LogP contribution in [0.15, 0.2) is 60.9 Å². The van der Waals surface area contributed by atoms with Crippen LogP contribution < -0.4 is 10.1 Å². The molecule has 0 amide bonds. The Labute approximate surface area is 155 Å². The molecule has 134 valence electrons. The molecule has 0 aliphatic rings. The second-order valence-electron chi connectivity index (χ2n) is 5.97. The van der Waals surface area contributed by atoms with Crippen molar-refractivity contribution in [3.8, 4) is 28.3 Å². The maximum atomic E-state index is 13.7. The predicted octanol–water partition coefficient (Wildman–Crippen LogP) is 4.55. The molecule has 6 heteroatoms. The molecule has 0 unspecified atom stereocenters. The monoisotopic (exact) mass is 360 g/mol. The minimum atomic E-state index is -0.299.